The van der Waals surface area contributed by atoms with Gasteiger partial charge in [-0.2, -0.15) is 0 Å². The molecule has 14 heavy (non-hydrogen) atoms. The monoisotopic (exact) mass is 198 g/mol. The van der Waals surface area contributed by atoms with Crippen molar-refractivity contribution in [2.24, 2.45) is 5.41 Å². The van der Waals surface area contributed by atoms with E-state index in [1.54, 1.807) is 0 Å². The fourth-order valence-electron chi connectivity index (χ4n) is 1.90. The van der Waals surface area contributed by atoms with Gasteiger partial charge in [-0.1, -0.05) is 20.8 Å². The quantitative estimate of drug-likeness (QED) is 0.681. The highest BCUT2D eigenvalue weighted by molar-refractivity contribution is 4.68. The van der Waals surface area contributed by atoms with Gasteiger partial charge in [0.2, 0.25) is 0 Å². The Kier molecular flexibility index (Phi) is 4.90. The average Bonchev–Trinajstić information content (AvgIpc) is 2.54. The Bertz CT molecular complexity index is 143. The summed E-state index contributed by atoms with van der Waals surface area (Å²) in [4.78, 5) is 2.58. The molecular formula is C12H26N2. The first-order valence-corrected chi connectivity index (χ1v) is 6.01. The average molecular weight is 198 g/mol. The SMILES string of the molecule is CC(C)(C)CNCCCN1CCCC1. The predicted octanol–water partition coefficient (Wildman–Crippen LogP) is 2.11. The third-order valence-corrected chi connectivity index (χ3v) is 2.68. The Hall–Kier alpha value is -0.0800. The Labute approximate surface area is 89.1 Å². The topological polar surface area (TPSA) is 15.3 Å². The summed E-state index contributed by atoms with van der Waals surface area (Å²) in [6.45, 7) is 13.1. The summed E-state index contributed by atoms with van der Waals surface area (Å²) in [5.41, 5.74) is 0.424. The Morgan fingerprint density at radius 1 is 1.14 bits per heavy atom. The summed E-state index contributed by atoms with van der Waals surface area (Å²) >= 11 is 0. The molecular weight excluding hydrogens is 172 g/mol. The minimum absolute atomic E-state index is 0.424. The highest BCUT2D eigenvalue weighted by Crippen LogP contribution is 2.10. The zero-order valence-corrected chi connectivity index (χ0v) is 10.1. The van der Waals surface area contributed by atoms with Gasteiger partial charge in [-0.25, -0.2) is 0 Å². The van der Waals surface area contributed by atoms with Crippen molar-refractivity contribution in [2.75, 3.05) is 32.7 Å². The summed E-state index contributed by atoms with van der Waals surface area (Å²) in [6, 6.07) is 0. The van der Waals surface area contributed by atoms with Gasteiger partial charge in [0.25, 0.3) is 0 Å². The maximum atomic E-state index is 3.52. The molecule has 0 radical (unpaired) electrons. The van der Waals surface area contributed by atoms with E-state index in [1.165, 1.54) is 45.4 Å². The number of rotatable bonds is 5. The molecule has 0 unspecified atom stereocenters. The normalized spacial score (nSPS) is 19.1. The molecule has 84 valence electrons. The van der Waals surface area contributed by atoms with Crippen LogP contribution in [0.2, 0.25) is 0 Å². The number of hydrogen-bond acceptors (Lipinski definition) is 2. The Morgan fingerprint density at radius 3 is 2.36 bits per heavy atom. The van der Waals surface area contributed by atoms with E-state index in [9.17, 15) is 0 Å². The van der Waals surface area contributed by atoms with Crippen LogP contribution in [0.4, 0.5) is 0 Å². The van der Waals surface area contributed by atoms with Gasteiger partial charge in [-0.15, -0.1) is 0 Å². The summed E-state index contributed by atoms with van der Waals surface area (Å²) < 4.78 is 0. The number of nitrogens with one attached hydrogen (secondary N) is 1. The van der Waals surface area contributed by atoms with E-state index in [0.29, 0.717) is 5.41 Å². The van der Waals surface area contributed by atoms with E-state index in [4.69, 9.17) is 0 Å². The molecule has 1 rings (SSSR count). The molecule has 2 nitrogen and oxygen atoms in total. The van der Waals surface area contributed by atoms with Gasteiger partial charge in [-0.05, 0) is 57.4 Å². The molecule has 1 fully saturated rings. The van der Waals surface area contributed by atoms with Gasteiger partial charge < -0.3 is 10.2 Å². The summed E-state index contributed by atoms with van der Waals surface area (Å²) in [7, 11) is 0. The number of hydrogen-bond donors (Lipinski definition) is 1. The van der Waals surface area contributed by atoms with Crippen molar-refractivity contribution in [3.8, 4) is 0 Å². The van der Waals surface area contributed by atoms with Gasteiger partial charge >= 0.3 is 0 Å². The molecule has 0 aliphatic carbocycles. The molecule has 1 N–H and O–H groups in total. The maximum Gasteiger partial charge on any atom is -0.0000116 e. The lowest BCUT2D eigenvalue weighted by Gasteiger charge is -2.19. The van der Waals surface area contributed by atoms with E-state index in [2.05, 4.69) is 31.0 Å². The molecule has 2 heteroatoms. The first kappa shape index (κ1) is 12.0. The van der Waals surface area contributed by atoms with Crippen molar-refractivity contribution < 1.29 is 0 Å². The fraction of sp³-hybridized carbons (Fsp3) is 1.00. The zero-order valence-electron chi connectivity index (χ0n) is 10.1. The molecule has 0 amide bonds. The van der Waals surface area contributed by atoms with Crippen LogP contribution in [0.5, 0.6) is 0 Å². The van der Waals surface area contributed by atoms with Crippen LogP contribution >= 0.6 is 0 Å². The number of likely N-dealkylation sites (tertiary alicyclic amines) is 1. The van der Waals surface area contributed by atoms with Crippen molar-refractivity contribution in [2.45, 2.75) is 40.0 Å². The standard InChI is InChI=1S/C12H26N2/c1-12(2,3)11-13-7-6-10-14-8-4-5-9-14/h13H,4-11H2,1-3H3. The van der Waals surface area contributed by atoms with Gasteiger partial charge in [0.1, 0.15) is 0 Å². The lowest BCUT2D eigenvalue weighted by molar-refractivity contribution is 0.321. The minimum atomic E-state index is 0.424. The maximum absolute atomic E-state index is 3.52. The van der Waals surface area contributed by atoms with Gasteiger partial charge in [0.15, 0.2) is 0 Å². The van der Waals surface area contributed by atoms with Crippen molar-refractivity contribution in [1.82, 2.24) is 10.2 Å². The van der Waals surface area contributed by atoms with Crippen LogP contribution < -0.4 is 5.32 Å². The first-order valence-electron chi connectivity index (χ1n) is 6.01. The summed E-state index contributed by atoms with van der Waals surface area (Å²) in [5.74, 6) is 0. The van der Waals surface area contributed by atoms with Crippen molar-refractivity contribution in [3.63, 3.8) is 0 Å². The number of nitrogens with zero attached hydrogens (tertiary/aromatic N) is 1. The molecule has 1 aliphatic rings. The van der Waals surface area contributed by atoms with Crippen LogP contribution in [0.1, 0.15) is 40.0 Å². The summed E-state index contributed by atoms with van der Waals surface area (Å²) in [6.07, 6.45) is 4.13. The van der Waals surface area contributed by atoms with E-state index >= 15 is 0 Å². The van der Waals surface area contributed by atoms with Crippen LogP contribution in [0.15, 0.2) is 0 Å². The molecule has 0 spiro atoms. The van der Waals surface area contributed by atoms with Crippen LogP contribution in [0.3, 0.4) is 0 Å². The molecule has 1 heterocycles. The summed E-state index contributed by atoms with van der Waals surface area (Å²) in [5, 5.41) is 3.52. The Balaban J connectivity index is 1.89. The lowest BCUT2D eigenvalue weighted by Crippen LogP contribution is -2.30. The third kappa shape index (κ3) is 5.61. The highest BCUT2D eigenvalue weighted by atomic mass is 15.1. The van der Waals surface area contributed by atoms with E-state index in [0.717, 1.165) is 6.54 Å². The molecule has 1 aliphatic heterocycles. The molecule has 0 bridgehead atoms. The second-order valence-corrected chi connectivity index (χ2v) is 5.64. The molecule has 0 aromatic heterocycles. The zero-order chi connectivity index (χ0) is 10.4. The smallest absolute Gasteiger partial charge is 0.0000116 e. The second kappa shape index (κ2) is 5.72. The van der Waals surface area contributed by atoms with Crippen molar-refractivity contribution >= 4 is 0 Å². The minimum Gasteiger partial charge on any atom is -0.316 e. The van der Waals surface area contributed by atoms with Crippen molar-refractivity contribution in [1.29, 1.82) is 0 Å². The van der Waals surface area contributed by atoms with Crippen molar-refractivity contribution in [3.05, 3.63) is 0 Å². The van der Waals surface area contributed by atoms with Crippen LogP contribution in [0.25, 0.3) is 0 Å². The molecule has 0 aromatic rings. The molecule has 0 atom stereocenters. The first-order chi connectivity index (χ1) is 6.58. The molecule has 0 aromatic carbocycles. The molecule has 1 saturated heterocycles. The second-order valence-electron chi connectivity index (χ2n) is 5.64. The van der Waals surface area contributed by atoms with Crippen LogP contribution in [0, 0.1) is 5.41 Å². The Morgan fingerprint density at radius 2 is 1.79 bits per heavy atom. The predicted molar refractivity (Wildman–Crippen MR) is 62.6 cm³/mol. The largest absolute Gasteiger partial charge is 0.316 e. The van der Waals surface area contributed by atoms with E-state index < -0.39 is 0 Å². The van der Waals surface area contributed by atoms with E-state index in [1.807, 2.05) is 0 Å². The van der Waals surface area contributed by atoms with Gasteiger partial charge in [0.05, 0.1) is 0 Å². The van der Waals surface area contributed by atoms with Gasteiger partial charge in [0, 0.05) is 0 Å². The lowest BCUT2D eigenvalue weighted by atomic mass is 9.97. The highest BCUT2D eigenvalue weighted by Gasteiger charge is 2.11. The fourth-order valence-corrected chi connectivity index (χ4v) is 1.90. The third-order valence-electron chi connectivity index (χ3n) is 2.68. The van der Waals surface area contributed by atoms with E-state index in [-0.39, 0.29) is 0 Å². The van der Waals surface area contributed by atoms with Crippen LogP contribution in [-0.4, -0.2) is 37.6 Å². The van der Waals surface area contributed by atoms with Gasteiger partial charge in [-0.3, -0.25) is 0 Å². The van der Waals surface area contributed by atoms with Crippen LogP contribution in [-0.2, 0) is 0 Å². The molecule has 0 saturated carbocycles.